The van der Waals surface area contributed by atoms with Crippen molar-refractivity contribution in [1.29, 1.82) is 0 Å². The molecule has 0 fully saturated rings. The molecule has 1 atom stereocenters. The van der Waals surface area contributed by atoms with E-state index in [1.165, 1.54) is 31.2 Å². The maximum Gasteiger partial charge on any atom is 0.0314 e. The van der Waals surface area contributed by atoms with Gasteiger partial charge in [0.15, 0.2) is 0 Å². The summed E-state index contributed by atoms with van der Waals surface area (Å²) in [6.07, 6.45) is 6.27. The lowest BCUT2D eigenvalue weighted by molar-refractivity contribution is 0.258. The molecule has 2 N–H and O–H groups in total. The van der Waals surface area contributed by atoms with Crippen LogP contribution in [0.2, 0.25) is 0 Å². The Hall–Kier alpha value is -1.02. The molecule has 1 rings (SSSR count). The van der Waals surface area contributed by atoms with Gasteiger partial charge in [0, 0.05) is 11.7 Å². The van der Waals surface area contributed by atoms with Crippen LogP contribution in [0.4, 0.5) is 5.69 Å². The van der Waals surface area contributed by atoms with Crippen LogP contribution in [0.25, 0.3) is 0 Å². The zero-order valence-electron chi connectivity index (χ0n) is 11.4. The molecular weight excluding hydrogens is 208 g/mol. The van der Waals surface area contributed by atoms with E-state index >= 15 is 0 Å². The van der Waals surface area contributed by atoms with Crippen LogP contribution < -0.4 is 5.73 Å². The average molecular weight is 234 g/mol. The van der Waals surface area contributed by atoms with Crippen LogP contribution in [-0.2, 0) is 6.42 Å². The Morgan fingerprint density at radius 1 is 1.12 bits per heavy atom. The molecule has 17 heavy (non-hydrogen) atoms. The molecule has 0 saturated heterocycles. The van der Waals surface area contributed by atoms with Gasteiger partial charge in [-0.25, -0.2) is 0 Å². The molecule has 0 saturated carbocycles. The lowest BCUT2D eigenvalue weighted by Gasteiger charge is -2.23. The number of nitrogens with two attached hydrogens (primary N) is 1. The number of rotatable bonds is 7. The molecule has 0 spiro atoms. The SMILES string of the molecule is CCCC(CCCc1ccc(N)cc1)N(C)C. The predicted molar refractivity (Wildman–Crippen MR) is 76.2 cm³/mol. The molecule has 0 aromatic heterocycles. The van der Waals surface area contributed by atoms with E-state index in [1.54, 1.807) is 0 Å². The number of aryl methyl sites for hydroxylation is 1. The van der Waals surface area contributed by atoms with Crippen LogP contribution >= 0.6 is 0 Å². The Kier molecular flexibility index (Phi) is 6.06. The number of benzene rings is 1. The Balaban J connectivity index is 2.33. The zero-order valence-corrected chi connectivity index (χ0v) is 11.4. The monoisotopic (exact) mass is 234 g/mol. The summed E-state index contributed by atoms with van der Waals surface area (Å²) in [5.41, 5.74) is 7.93. The second-order valence-electron chi connectivity index (χ2n) is 5.04. The van der Waals surface area contributed by atoms with E-state index in [-0.39, 0.29) is 0 Å². The summed E-state index contributed by atoms with van der Waals surface area (Å²) in [5, 5.41) is 0. The Morgan fingerprint density at radius 3 is 2.29 bits per heavy atom. The Labute approximate surface area is 106 Å². The van der Waals surface area contributed by atoms with Crippen LogP contribution in [0.5, 0.6) is 0 Å². The maximum atomic E-state index is 5.68. The number of nitrogens with zero attached hydrogens (tertiary/aromatic N) is 1. The first-order chi connectivity index (χ1) is 8.13. The highest BCUT2D eigenvalue weighted by Crippen LogP contribution is 2.14. The summed E-state index contributed by atoms with van der Waals surface area (Å²) >= 11 is 0. The van der Waals surface area contributed by atoms with Gasteiger partial charge in [-0.05, 0) is 57.5 Å². The van der Waals surface area contributed by atoms with Gasteiger partial charge >= 0.3 is 0 Å². The number of nitrogen functional groups attached to an aromatic ring is 1. The largest absolute Gasteiger partial charge is 0.399 e. The Bertz CT molecular complexity index is 303. The van der Waals surface area contributed by atoms with Gasteiger partial charge in [-0.1, -0.05) is 25.5 Å². The van der Waals surface area contributed by atoms with E-state index in [0.717, 1.165) is 18.2 Å². The third kappa shape index (κ3) is 5.22. The number of hydrogen-bond acceptors (Lipinski definition) is 2. The average Bonchev–Trinajstić information content (AvgIpc) is 2.30. The molecule has 0 amide bonds. The van der Waals surface area contributed by atoms with Crippen LogP contribution in [0.3, 0.4) is 0 Å². The van der Waals surface area contributed by atoms with Crippen molar-refractivity contribution in [1.82, 2.24) is 4.90 Å². The summed E-state index contributed by atoms with van der Waals surface area (Å²) in [7, 11) is 4.37. The highest BCUT2D eigenvalue weighted by molar-refractivity contribution is 5.39. The molecule has 0 aliphatic carbocycles. The van der Waals surface area contributed by atoms with Crippen molar-refractivity contribution in [2.24, 2.45) is 0 Å². The first kappa shape index (κ1) is 14.0. The number of anilines is 1. The molecule has 0 aliphatic rings. The molecule has 1 unspecified atom stereocenters. The zero-order chi connectivity index (χ0) is 12.7. The van der Waals surface area contributed by atoms with E-state index in [0.29, 0.717) is 0 Å². The molecule has 0 bridgehead atoms. The first-order valence-electron chi connectivity index (χ1n) is 6.64. The summed E-state index contributed by atoms with van der Waals surface area (Å²) in [4.78, 5) is 2.35. The quantitative estimate of drug-likeness (QED) is 0.733. The molecule has 1 aromatic rings. The van der Waals surface area contributed by atoms with E-state index < -0.39 is 0 Å². The minimum atomic E-state index is 0.730. The van der Waals surface area contributed by atoms with Crippen molar-refractivity contribution in [3.8, 4) is 0 Å². The maximum absolute atomic E-state index is 5.68. The highest BCUT2D eigenvalue weighted by atomic mass is 15.1. The smallest absolute Gasteiger partial charge is 0.0314 e. The van der Waals surface area contributed by atoms with Crippen molar-refractivity contribution >= 4 is 5.69 Å². The second-order valence-corrected chi connectivity index (χ2v) is 5.04. The molecule has 1 aromatic carbocycles. The third-order valence-corrected chi connectivity index (χ3v) is 3.33. The van der Waals surface area contributed by atoms with E-state index in [1.807, 2.05) is 12.1 Å². The minimum absolute atomic E-state index is 0.730. The van der Waals surface area contributed by atoms with Gasteiger partial charge < -0.3 is 10.6 Å². The lowest BCUT2D eigenvalue weighted by atomic mass is 10.0. The fraction of sp³-hybridized carbons (Fsp3) is 0.600. The summed E-state index contributed by atoms with van der Waals surface area (Å²) in [5.74, 6) is 0. The third-order valence-electron chi connectivity index (χ3n) is 3.33. The topological polar surface area (TPSA) is 29.3 Å². The van der Waals surface area contributed by atoms with Crippen LogP contribution in [0, 0.1) is 0 Å². The fourth-order valence-electron chi connectivity index (χ4n) is 2.22. The lowest BCUT2D eigenvalue weighted by Crippen LogP contribution is -2.27. The first-order valence-corrected chi connectivity index (χ1v) is 6.64. The van der Waals surface area contributed by atoms with Crippen molar-refractivity contribution in [2.45, 2.75) is 45.1 Å². The van der Waals surface area contributed by atoms with E-state index in [4.69, 9.17) is 5.73 Å². The van der Waals surface area contributed by atoms with Crippen molar-refractivity contribution in [3.63, 3.8) is 0 Å². The molecule has 2 heteroatoms. The van der Waals surface area contributed by atoms with Gasteiger partial charge in [0.1, 0.15) is 0 Å². The van der Waals surface area contributed by atoms with Gasteiger partial charge in [-0.2, -0.15) is 0 Å². The fourth-order valence-corrected chi connectivity index (χ4v) is 2.22. The van der Waals surface area contributed by atoms with Crippen molar-refractivity contribution in [3.05, 3.63) is 29.8 Å². The summed E-state index contributed by atoms with van der Waals surface area (Å²) < 4.78 is 0. The second kappa shape index (κ2) is 7.33. The van der Waals surface area contributed by atoms with Crippen molar-refractivity contribution in [2.75, 3.05) is 19.8 Å². The minimum Gasteiger partial charge on any atom is -0.399 e. The summed E-state index contributed by atoms with van der Waals surface area (Å²) in [6, 6.07) is 8.99. The van der Waals surface area contributed by atoms with E-state index in [2.05, 4.69) is 38.1 Å². The van der Waals surface area contributed by atoms with Crippen LogP contribution in [-0.4, -0.2) is 25.0 Å². The van der Waals surface area contributed by atoms with E-state index in [9.17, 15) is 0 Å². The van der Waals surface area contributed by atoms with Crippen molar-refractivity contribution < 1.29 is 0 Å². The van der Waals surface area contributed by atoms with Gasteiger partial charge in [-0.3, -0.25) is 0 Å². The molecule has 2 nitrogen and oxygen atoms in total. The standard InChI is InChI=1S/C15H26N2/c1-4-6-15(17(2)3)8-5-7-13-9-11-14(16)12-10-13/h9-12,15H,4-8,16H2,1-3H3. The molecule has 0 heterocycles. The van der Waals surface area contributed by atoms with Gasteiger partial charge in [0.05, 0.1) is 0 Å². The highest BCUT2D eigenvalue weighted by Gasteiger charge is 2.09. The normalized spacial score (nSPS) is 12.9. The molecular formula is C15H26N2. The molecule has 0 radical (unpaired) electrons. The summed E-state index contributed by atoms with van der Waals surface area (Å²) in [6.45, 7) is 2.26. The van der Waals surface area contributed by atoms with Gasteiger partial charge in [0.2, 0.25) is 0 Å². The Morgan fingerprint density at radius 2 is 1.76 bits per heavy atom. The van der Waals surface area contributed by atoms with Gasteiger partial charge in [0.25, 0.3) is 0 Å². The van der Waals surface area contributed by atoms with Gasteiger partial charge in [-0.15, -0.1) is 0 Å². The van der Waals surface area contributed by atoms with Crippen LogP contribution in [0.15, 0.2) is 24.3 Å². The molecule has 0 aliphatic heterocycles. The molecule has 96 valence electrons. The predicted octanol–water partition coefficient (Wildman–Crippen LogP) is 3.32. The van der Waals surface area contributed by atoms with Crippen LogP contribution in [0.1, 0.15) is 38.2 Å². The number of hydrogen-bond donors (Lipinski definition) is 1.